The zero-order chi connectivity index (χ0) is 39.2. The Kier molecular flexibility index (Phi) is 5.40. The van der Waals surface area contributed by atoms with E-state index in [0.717, 1.165) is 132 Å². The van der Waals surface area contributed by atoms with Crippen LogP contribution in [0.3, 0.4) is 0 Å². The van der Waals surface area contributed by atoms with Gasteiger partial charge in [-0.3, -0.25) is 19.5 Å². The molecular formula is C48H53N4O8+. The molecule has 17 aliphatic rings. The Morgan fingerprint density at radius 2 is 1.40 bits per heavy atom. The summed E-state index contributed by atoms with van der Waals surface area (Å²) >= 11 is 0. The van der Waals surface area contributed by atoms with Gasteiger partial charge < -0.3 is 23.4 Å². The summed E-state index contributed by atoms with van der Waals surface area (Å²) < 4.78 is 28.1. The van der Waals surface area contributed by atoms with Gasteiger partial charge in [0.1, 0.15) is 12.0 Å². The molecule has 312 valence electrons. The average molecular weight is 814 g/mol. The maximum absolute atomic E-state index is 15.7. The van der Waals surface area contributed by atoms with Crippen LogP contribution in [-0.2, 0) is 38.1 Å². The molecule has 13 fully saturated rings. The van der Waals surface area contributed by atoms with Crippen LogP contribution < -0.4 is 0 Å². The van der Waals surface area contributed by atoms with E-state index in [1.807, 2.05) is 18.2 Å². The molecule has 0 aromatic rings. The smallest absolute Gasteiger partial charge is 0.332 e. The van der Waals surface area contributed by atoms with E-state index in [1.165, 1.54) is 11.1 Å². The molecule has 60 heavy (non-hydrogen) atoms. The minimum atomic E-state index is -0.674. The van der Waals surface area contributed by atoms with E-state index in [-0.39, 0.29) is 102 Å². The summed E-state index contributed by atoms with van der Waals surface area (Å²) in [5, 5.41) is 0. The van der Waals surface area contributed by atoms with Crippen LogP contribution in [0.25, 0.3) is 0 Å². The summed E-state index contributed by atoms with van der Waals surface area (Å²) in [5.74, 6) is -0.583. The standard InChI is InChI=1S/C48H53N4O8/c53-37-14-23-13-26(30-20-44(23,57-37)33-5-2-10-50(30)33)40-29-17-39(55)59-46(29)22-32-41(40)42-43(56)60-48-21-31(51-11-3-7-35(48)51)27(19-47(42,48)52(32)12-4-8-36(46)52)25-15-24-18-45(28(25)16-38(54)58-45)34-6-1-9-49(24)34/h14-17,24,26-27,30-36,40-42H,1-13,18-22H2/q+1/t24-,26+,27+,30+,31+,32+,33-,34-,35-,36-,40-,41-,42-,44+,45+,46+,47-,48-,52?/m1/s1. The molecule has 19 atom stereocenters. The number of carbonyl (C=O) groups is 4. The van der Waals surface area contributed by atoms with Crippen LogP contribution in [0.5, 0.6) is 0 Å². The van der Waals surface area contributed by atoms with Gasteiger partial charge in [-0.15, -0.1) is 0 Å². The Hall–Kier alpha value is -3.32. The number of nitrogens with zero attached hydrogens (tertiary/aromatic N) is 4. The van der Waals surface area contributed by atoms with E-state index < -0.39 is 27.9 Å². The molecule has 0 aromatic heterocycles. The van der Waals surface area contributed by atoms with E-state index in [9.17, 15) is 14.4 Å². The largest absolute Gasteiger partial charge is 0.450 e. The molecule has 17 rings (SSSR count). The minimum Gasteiger partial charge on any atom is -0.450 e. The molecule has 11 saturated heterocycles. The van der Waals surface area contributed by atoms with Crippen molar-refractivity contribution >= 4 is 23.9 Å². The second-order valence-corrected chi connectivity index (χ2v) is 23.0. The molecule has 3 aliphatic carbocycles. The molecule has 14 aliphatic heterocycles. The zero-order valence-electron chi connectivity index (χ0n) is 34.1. The Morgan fingerprint density at radius 1 is 0.667 bits per heavy atom. The van der Waals surface area contributed by atoms with Crippen molar-refractivity contribution in [1.82, 2.24) is 14.7 Å². The molecule has 14 heterocycles. The first-order valence-corrected chi connectivity index (χ1v) is 24.1. The Labute approximate surface area is 348 Å². The normalized spacial score (nSPS) is 59.6. The highest BCUT2D eigenvalue weighted by Gasteiger charge is 2.96. The Morgan fingerprint density at radius 3 is 2.27 bits per heavy atom. The predicted octanol–water partition coefficient (Wildman–Crippen LogP) is 3.00. The first-order valence-electron chi connectivity index (χ1n) is 24.1. The highest BCUT2D eigenvalue weighted by atomic mass is 16.6. The molecule has 2 saturated carbocycles. The fourth-order valence-corrected chi connectivity index (χ4v) is 21.7. The number of ether oxygens (including phenoxy) is 4. The fourth-order valence-electron chi connectivity index (χ4n) is 21.7. The van der Waals surface area contributed by atoms with Gasteiger partial charge in [0.2, 0.25) is 0 Å². The van der Waals surface area contributed by atoms with E-state index in [0.29, 0.717) is 0 Å². The fraction of sp³-hybridized carbons (Fsp3) is 0.750. The third-order valence-electron chi connectivity index (χ3n) is 22.3. The average Bonchev–Trinajstić information content (AvgIpc) is 4.06. The highest BCUT2D eigenvalue weighted by Crippen LogP contribution is 2.81. The van der Waals surface area contributed by atoms with Gasteiger partial charge in [-0.1, -0.05) is 6.08 Å². The Balaban J connectivity index is 0.891. The molecule has 12 nitrogen and oxygen atoms in total. The summed E-state index contributed by atoms with van der Waals surface area (Å²) in [5.41, 5.74) is 1.95. The Bertz CT molecular complexity index is 2390. The van der Waals surface area contributed by atoms with E-state index in [4.69, 9.17) is 18.9 Å². The predicted molar refractivity (Wildman–Crippen MR) is 208 cm³/mol. The van der Waals surface area contributed by atoms with Gasteiger partial charge in [0.15, 0.2) is 27.9 Å². The zero-order valence-corrected chi connectivity index (χ0v) is 34.1. The lowest BCUT2D eigenvalue weighted by Gasteiger charge is -2.59. The number of rotatable bonds is 2. The van der Waals surface area contributed by atoms with Crippen molar-refractivity contribution in [3.05, 3.63) is 46.6 Å². The van der Waals surface area contributed by atoms with Crippen molar-refractivity contribution in [3.8, 4) is 0 Å². The summed E-state index contributed by atoms with van der Waals surface area (Å²) in [6.07, 6.45) is 21.6. The molecule has 0 N–H and O–H groups in total. The van der Waals surface area contributed by atoms with E-state index in [1.54, 1.807) is 0 Å². The number of quaternary nitrogens is 1. The summed E-state index contributed by atoms with van der Waals surface area (Å²) in [6.45, 7) is 4.06. The van der Waals surface area contributed by atoms with Crippen LogP contribution in [0.4, 0.5) is 0 Å². The van der Waals surface area contributed by atoms with Gasteiger partial charge in [-0.2, -0.15) is 0 Å². The minimum absolute atomic E-state index is 0.0169. The molecular weight excluding hydrogens is 761 g/mol. The van der Waals surface area contributed by atoms with Gasteiger partial charge in [0.25, 0.3) is 0 Å². The highest BCUT2D eigenvalue weighted by molar-refractivity contribution is 5.90. The topological polar surface area (TPSA) is 115 Å². The lowest BCUT2D eigenvalue weighted by atomic mass is 9.51. The van der Waals surface area contributed by atoms with Crippen LogP contribution in [0.2, 0.25) is 0 Å². The van der Waals surface area contributed by atoms with Crippen molar-refractivity contribution in [2.24, 2.45) is 29.6 Å². The van der Waals surface area contributed by atoms with Gasteiger partial charge in [0, 0.05) is 98.7 Å². The number of hydrogen-bond donors (Lipinski definition) is 0. The summed E-state index contributed by atoms with van der Waals surface area (Å²) in [6, 6.07) is 1.58. The van der Waals surface area contributed by atoms with Crippen molar-refractivity contribution < 1.29 is 42.6 Å². The molecule has 12 heteroatoms. The van der Waals surface area contributed by atoms with Crippen molar-refractivity contribution in [1.29, 1.82) is 0 Å². The molecule has 6 spiro atoms. The number of hydrogen-bond acceptors (Lipinski definition) is 11. The number of carbonyl (C=O) groups excluding carboxylic acids is 4. The molecule has 10 bridgehead atoms. The molecule has 0 radical (unpaired) electrons. The van der Waals surface area contributed by atoms with Gasteiger partial charge in [-0.05, 0) is 93.1 Å². The van der Waals surface area contributed by atoms with Crippen molar-refractivity contribution in [2.45, 2.75) is 166 Å². The SMILES string of the molecule is O=C1C=C2[C@@H]([C@H]3CC4=CC(=O)O[C@@]45C[C@@H]3N3CCC[C@@H]35)[C@@H]3[C@@H]4C(=O)O[C@@]56C[C@@H]([C@H](C7=C[C@@H]8C[C@@]9(OC(=O)C=C79)[C@H]7CCCN87)C[C@@]45[N+]45CCC[C@@H]4[C@@]2(C[C@@H]35)O1)N1CCC[C@@H]16. The van der Waals surface area contributed by atoms with Crippen LogP contribution in [-0.4, -0.2) is 146 Å². The van der Waals surface area contributed by atoms with Crippen LogP contribution in [0, 0.1) is 29.6 Å². The number of esters is 4. The van der Waals surface area contributed by atoms with Gasteiger partial charge >= 0.3 is 23.9 Å². The first-order chi connectivity index (χ1) is 29.2. The summed E-state index contributed by atoms with van der Waals surface area (Å²) in [7, 11) is 0. The molecule has 0 aromatic carbocycles. The monoisotopic (exact) mass is 813 g/mol. The third kappa shape index (κ3) is 3.01. The first kappa shape index (κ1) is 33.3. The van der Waals surface area contributed by atoms with Crippen molar-refractivity contribution in [2.75, 3.05) is 26.2 Å². The second-order valence-electron chi connectivity index (χ2n) is 23.0. The summed E-state index contributed by atoms with van der Waals surface area (Å²) in [4.78, 5) is 64.7. The number of fused-ring (bicyclic) bond motifs is 10. The van der Waals surface area contributed by atoms with Crippen LogP contribution in [0.1, 0.15) is 89.9 Å². The van der Waals surface area contributed by atoms with E-state index in [2.05, 4.69) is 20.8 Å². The van der Waals surface area contributed by atoms with Gasteiger partial charge in [-0.25, -0.2) is 14.4 Å². The van der Waals surface area contributed by atoms with Crippen LogP contribution >= 0.6 is 0 Å². The lowest BCUT2D eigenvalue weighted by Crippen LogP contribution is -2.77. The third-order valence-corrected chi connectivity index (χ3v) is 22.3. The quantitative estimate of drug-likeness (QED) is 0.233. The lowest BCUT2D eigenvalue weighted by molar-refractivity contribution is -0.994. The van der Waals surface area contributed by atoms with Crippen LogP contribution in [0.15, 0.2) is 46.6 Å². The molecule has 1 unspecified atom stereocenters. The molecule has 0 amide bonds. The van der Waals surface area contributed by atoms with E-state index >= 15 is 4.79 Å². The second kappa shape index (κ2) is 9.75. The maximum atomic E-state index is 15.7. The van der Waals surface area contributed by atoms with Crippen molar-refractivity contribution in [3.63, 3.8) is 0 Å². The maximum Gasteiger partial charge on any atom is 0.332 e. The van der Waals surface area contributed by atoms with Gasteiger partial charge in [0.05, 0.1) is 30.7 Å².